The first-order chi connectivity index (χ1) is 5.36. The number of aromatic nitrogens is 3. The molecular weight excluding hydrogens is 142 g/mol. The summed E-state index contributed by atoms with van der Waals surface area (Å²) in [6, 6.07) is 1.55. The second-order valence-corrected chi connectivity index (χ2v) is 2.12. The Morgan fingerprint density at radius 1 is 1.09 bits per heavy atom. The molecule has 0 saturated carbocycles. The van der Waals surface area contributed by atoms with Crippen LogP contribution in [0.4, 0.5) is 0 Å². The van der Waals surface area contributed by atoms with Gasteiger partial charge in [-0.3, -0.25) is 0 Å². The van der Waals surface area contributed by atoms with Gasteiger partial charge in [0.1, 0.15) is 17.6 Å². The molecule has 0 aliphatic carbocycles. The Kier molecular flexibility index (Phi) is 1.18. The predicted molar refractivity (Wildman–Crippen MR) is 39.0 cm³/mol. The first-order valence-electron chi connectivity index (χ1n) is 3.11. The minimum Gasteiger partial charge on any atom is -0.506 e. The molecule has 2 heterocycles. The van der Waals surface area contributed by atoms with E-state index in [1.807, 2.05) is 0 Å². The molecule has 0 saturated heterocycles. The van der Waals surface area contributed by atoms with Gasteiger partial charge in [-0.15, -0.1) is 0 Å². The molecule has 0 fully saturated rings. The van der Waals surface area contributed by atoms with Gasteiger partial charge >= 0.3 is 0 Å². The Morgan fingerprint density at radius 2 is 2.00 bits per heavy atom. The quantitative estimate of drug-likeness (QED) is 0.596. The minimum absolute atomic E-state index is 0.121. The van der Waals surface area contributed by atoms with E-state index in [-0.39, 0.29) is 5.75 Å². The minimum atomic E-state index is 0.121. The van der Waals surface area contributed by atoms with Crippen molar-refractivity contribution < 1.29 is 5.11 Å². The molecule has 0 bridgehead atoms. The molecule has 4 heteroatoms. The average molecular weight is 147 g/mol. The van der Waals surface area contributed by atoms with Gasteiger partial charge in [0.25, 0.3) is 0 Å². The molecule has 2 aromatic rings. The van der Waals surface area contributed by atoms with Crippen molar-refractivity contribution in [3.8, 4) is 5.75 Å². The first-order valence-corrected chi connectivity index (χ1v) is 3.11. The van der Waals surface area contributed by atoms with Crippen LogP contribution >= 0.6 is 0 Å². The van der Waals surface area contributed by atoms with E-state index in [9.17, 15) is 0 Å². The van der Waals surface area contributed by atoms with Crippen molar-refractivity contribution in [2.75, 3.05) is 0 Å². The fourth-order valence-electron chi connectivity index (χ4n) is 0.855. The normalized spacial score (nSPS) is 10.2. The van der Waals surface area contributed by atoms with Crippen LogP contribution in [0.2, 0.25) is 0 Å². The molecule has 11 heavy (non-hydrogen) atoms. The van der Waals surface area contributed by atoms with Crippen molar-refractivity contribution in [2.24, 2.45) is 0 Å². The maximum Gasteiger partial charge on any atom is 0.136 e. The lowest BCUT2D eigenvalue weighted by atomic mass is 10.3. The molecule has 2 rings (SSSR count). The van der Waals surface area contributed by atoms with Crippen LogP contribution in [0.25, 0.3) is 11.0 Å². The number of nitrogens with zero attached hydrogens (tertiary/aromatic N) is 3. The summed E-state index contributed by atoms with van der Waals surface area (Å²) >= 11 is 0. The molecule has 0 spiro atoms. The number of fused-ring (bicyclic) bond motifs is 1. The van der Waals surface area contributed by atoms with Crippen molar-refractivity contribution in [1.29, 1.82) is 0 Å². The van der Waals surface area contributed by atoms with Crippen LogP contribution in [0.5, 0.6) is 5.75 Å². The highest BCUT2D eigenvalue weighted by Gasteiger charge is 1.94. The predicted octanol–water partition coefficient (Wildman–Crippen LogP) is 0.730. The largest absolute Gasteiger partial charge is 0.506 e. The maximum atomic E-state index is 9.01. The maximum absolute atomic E-state index is 9.01. The number of hydrogen-bond donors (Lipinski definition) is 1. The van der Waals surface area contributed by atoms with Crippen LogP contribution in [0, 0.1) is 0 Å². The molecule has 4 nitrogen and oxygen atoms in total. The Morgan fingerprint density at radius 3 is 2.91 bits per heavy atom. The van der Waals surface area contributed by atoms with Crippen LogP contribution in [-0.4, -0.2) is 20.1 Å². The lowest BCUT2D eigenvalue weighted by Gasteiger charge is -1.93. The first kappa shape index (κ1) is 6.03. The highest BCUT2D eigenvalue weighted by molar-refractivity contribution is 5.73. The van der Waals surface area contributed by atoms with Gasteiger partial charge in [-0.25, -0.2) is 15.0 Å². The molecule has 2 aromatic heterocycles. The smallest absolute Gasteiger partial charge is 0.136 e. The van der Waals surface area contributed by atoms with Gasteiger partial charge in [0, 0.05) is 6.07 Å². The van der Waals surface area contributed by atoms with Crippen molar-refractivity contribution >= 4 is 11.0 Å². The van der Waals surface area contributed by atoms with E-state index < -0.39 is 0 Å². The van der Waals surface area contributed by atoms with Crippen LogP contribution in [0.1, 0.15) is 0 Å². The highest BCUT2D eigenvalue weighted by Crippen LogP contribution is 2.12. The SMILES string of the molecule is Oc1cnc2cncnc2c1. The summed E-state index contributed by atoms with van der Waals surface area (Å²) in [6.07, 6.45) is 4.39. The summed E-state index contributed by atoms with van der Waals surface area (Å²) in [5, 5.41) is 9.01. The molecule has 0 aliphatic rings. The van der Waals surface area contributed by atoms with Gasteiger partial charge in [0.15, 0.2) is 0 Å². The van der Waals surface area contributed by atoms with E-state index in [2.05, 4.69) is 15.0 Å². The number of hydrogen-bond acceptors (Lipinski definition) is 4. The Labute approximate surface area is 62.6 Å². The van der Waals surface area contributed by atoms with E-state index in [0.29, 0.717) is 11.0 Å². The zero-order valence-electron chi connectivity index (χ0n) is 5.60. The molecule has 1 N–H and O–H groups in total. The molecule has 0 unspecified atom stereocenters. The fraction of sp³-hybridized carbons (Fsp3) is 0. The van der Waals surface area contributed by atoms with Gasteiger partial charge in [-0.2, -0.15) is 0 Å². The Hall–Kier alpha value is -1.71. The molecular formula is C7H5N3O. The molecule has 0 aromatic carbocycles. The highest BCUT2D eigenvalue weighted by atomic mass is 16.3. The summed E-state index contributed by atoms with van der Waals surface area (Å²) in [5.41, 5.74) is 1.34. The Bertz CT molecular complexity index is 388. The van der Waals surface area contributed by atoms with Crippen LogP contribution in [-0.2, 0) is 0 Å². The van der Waals surface area contributed by atoms with Crippen LogP contribution in [0.3, 0.4) is 0 Å². The number of pyridine rings is 1. The summed E-state index contributed by atoms with van der Waals surface area (Å²) in [4.78, 5) is 11.6. The summed E-state index contributed by atoms with van der Waals surface area (Å²) < 4.78 is 0. The van der Waals surface area contributed by atoms with Gasteiger partial charge in [-0.05, 0) is 0 Å². The van der Waals surface area contributed by atoms with E-state index in [4.69, 9.17) is 5.11 Å². The van der Waals surface area contributed by atoms with Gasteiger partial charge in [0.2, 0.25) is 0 Å². The zero-order chi connectivity index (χ0) is 7.68. The second-order valence-electron chi connectivity index (χ2n) is 2.12. The molecule has 0 atom stereocenters. The third kappa shape index (κ3) is 0.980. The third-order valence-electron chi connectivity index (χ3n) is 1.34. The van der Waals surface area contributed by atoms with Gasteiger partial charge in [-0.1, -0.05) is 0 Å². The average Bonchev–Trinajstić information content (AvgIpc) is 2.04. The third-order valence-corrected chi connectivity index (χ3v) is 1.34. The van der Waals surface area contributed by atoms with E-state index >= 15 is 0 Å². The van der Waals surface area contributed by atoms with Crippen LogP contribution < -0.4 is 0 Å². The number of aromatic hydroxyl groups is 1. The lowest BCUT2D eigenvalue weighted by molar-refractivity contribution is 0.473. The topological polar surface area (TPSA) is 58.9 Å². The van der Waals surface area contributed by atoms with E-state index in [0.717, 1.165) is 0 Å². The zero-order valence-corrected chi connectivity index (χ0v) is 5.60. The van der Waals surface area contributed by atoms with Crippen LogP contribution in [0.15, 0.2) is 24.8 Å². The molecule has 0 amide bonds. The van der Waals surface area contributed by atoms with Crippen molar-refractivity contribution in [3.63, 3.8) is 0 Å². The molecule has 54 valence electrons. The van der Waals surface area contributed by atoms with E-state index in [1.165, 1.54) is 12.5 Å². The molecule has 0 radical (unpaired) electrons. The summed E-state index contributed by atoms with van der Waals surface area (Å²) in [5.74, 6) is 0.121. The van der Waals surface area contributed by atoms with Gasteiger partial charge in [0.05, 0.1) is 17.9 Å². The Balaban J connectivity index is 2.83. The molecule has 0 aliphatic heterocycles. The van der Waals surface area contributed by atoms with E-state index in [1.54, 1.807) is 12.3 Å². The fourth-order valence-corrected chi connectivity index (χ4v) is 0.855. The van der Waals surface area contributed by atoms with Gasteiger partial charge < -0.3 is 5.11 Å². The monoisotopic (exact) mass is 147 g/mol. The summed E-state index contributed by atoms with van der Waals surface area (Å²) in [7, 11) is 0. The van der Waals surface area contributed by atoms with Crippen molar-refractivity contribution in [2.45, 2.75) is 0 Å². The lowest BCUT2D eigenvalue weighted by Crippen LogP contribution is -1.82. The number of rotatable bonds is 0. The van der Waals surface area contributed by atoms with Crippen molar-refractivity contribution in [3.05, 3.63) is 24.8 Å². The second kappa shape index (κ2) is 2.16. The standard InChI is InChI=1S/C7H5N3O/c11-5-1-6-7(9-2-5)3-8-4-10-6/h1-4,11H. The summed E-state index contributed by atoms with van der Waals surface area (Å²) in [6.45, 7) is 0. The van der Waals surface area contributed by atoms with Crippen molar-refractivity contribution in [1.82, 2.24) is 15.0 Å².